The van der Waals surface area contributed by atoms with E-state index in [9.17, 15) is 9.59 Å². The molecule has 4 atom stereocenters. The van der Waals surface area contributed by atoms with Gasteiger partial charge in [-0.1, -0.05) is 81.4 Å². The maximum absolute atomic E-state index is 13.4. The van der Waals surface area contributed by atoms with Crippen molar-refractivity contribution in [3.8, 4) is 0 Å². The first-order chi connectivity index (χ1) is 22.8. The van der Waals surface area contributed by atoms with E-state index in [1.54, 1.807) is 4.57 Å². The van der Waals surface area contributed by atoms with Gasteiger partial charge in [-0.2, -0.15) is 0 Å². The molecule has 2 saturated heterocycles. The molecule has 0 spiro atoms. The summed E-state index contributed by atoms with van der Waals surface area (Å²) in [6.45, 7) is 12.2. The Labute approximate surface area is 288 Å². The number of carbonyl (C=O) groups is 1. The van der Waals surface area contributed by atoms with Crippen LogP contribution in [-0.2, 0) is 39.6 Å². The fraction of sp³-hybridized carbons (Fsp3) is 0.471. The van der Waals surface area contributed by atoms with Gasteiger partial charge in [-0.15, -0.1) is 0 Å². The molecule has 2 aromatic carbocycles. The minimum absolute atomic E-state index is 0.0784. The predicted molar refractivity (Wildman–Crippen MR) is 183 cm³/mol. The molecule has 0 amide bonds. The van der Waals surface area contributed by atoms with E-state index in [-0.39, 0.29) is 37.1 Å². The molecule has 0 unspecified atom stereocenters. The number of hydrogen-bond acceptors (Lipinski definition) is 10. The molecule has 0 radical (unpaired) electrons. The average Bonchev–Trinajstić information content (AvgIpc) is 3.66. The van der Waals surface area contributed by atoms with Crippen LogP contribution in [0.1, 0.15) is 47.8 Å². The second-order valence-electron chi connectivity index (χ2n) is 13.4. The molecule has 0 bridgehead atoms. The van der Waals surface area contributed by atoms with Crippen LogP contribution in [0.4, 0.5) is 0 Å². The van der Waals surface area contributed by atoms with Crippen molar-refractivity contribution in [1.29, 1.82) is 0 Å². The molecule has 12 nitrogen and oxygen atoms in total. The fourth-order valence-electron chi connectivity index (χ4n) is 6.67. The van der Waals surface area contributed by atoms with Gasteiger partial charge in [0.1, 0.15) is 38.0 Å². The fourth-order valence-corrected chi connectivity index (χ4v) is 11.8. The van der Waals surface area contributed by atoms with Crippen LogP contribution in [0.15, 0.2) is 76.5 Å². The summed E-state index contributed by atoms with van der Waals surface area (Å²) in [6, 6.07) is 20.9. The Morgan fingerprint density at radius 3 is 2.23 bits per heavy atom. The number of aromatic nitrogens is 4. The van der Waals surface area contributed by atoms with E-state index in [1.807, 2.05) is 26.0 Å². The van der Waals surface area contributed by atoms with Gasteiger partial charge >= 0.3 is 5.97 Å². The zero-order valence-electron chi connectivity index (χ0n) is 27.9. The Morgan fingerprint density at radius 2 is 1.62 bits per heavy atom. The Balaban J connectivity index is 1.31. The quantitative estimate of drug-likeness (QED) is 0.0969. The predicted octanol–water partition coefficient (Wildman–Crippen LogP) is 3.89. The Hall–Kier alpha value is -3.24. The van der Waals surface area contributed by atoms with E-state index in [0.29, 0.717) is 10.4 Å². The molecule has 4 heterocycles. The molecule has 256 valence electrons. The number of esters is 1. The maximum atomic E-state index is 13.4. The van der Waals surface area contributed by atoms with Crippen molar-refractivity contribution in [1.82, 2.24) is 19.1 Å². The van der Waals surface area contributed by atoms with Crippen molar-refractivity contribution >= 4 is 51.8 Å². The summed E-state index contributed by atoms with van der Waals surface area (Å²) in [6.07, 6.45) is -0.813. The Bertz CT molecular complexity index is 1770. The Kier molecular flexibility index (Phi) is 9.79. The topological polar surface area (TPSA) is 125 Å². The second kappa shape index (κ2) is 13.6. The smallest absolute Gasteiger partial charge is 0.302 e. The highest BCUT2D eigenvalue weighted by molar-refractivity contribution is 9.10. The van der Waals surface area contributed by atoms with Crippen LogP contribution in [0.5, 0.6) is 0 Å². The van der Waals surface area contributed by atoms with Crippen molar-refractivity contribution < 1.29 is 32.9 Å². The number of rotatable bonds is 11. The van der Waals surface area contributed by atoms with Gasteiger partial charge in [-0.05, 0) is 45.2 Å². The van der Waals surface area contributed by atoms with Crippen LogP contribution in [0.3, 0.4) is 0 Å². The number of halogens is 1. The molecular formula is C34H41BrN4O8Si. The van der Waals surface area contributed by atoms with Crippen LogP contribution in [0, 0.1) is 0 Å². The minimum Gasteiger partial charge on any atom is -0.463 e. The highest BCUT2D eigenvalue weighted by Gasteiger charge is 2.58. The second-order valence-corrected chi connectivity index (χ2v) is 18.4. The van der Waals surface area contributed by atoms with Gasteiger partial charge in [0.15, 0.2) is 27.9 Å². The van der Waals surface area contributed by atoms with Crippen molar-refractivity contribution in [2.45, 2.75) is 83.6 Å². The summed E-state index contributed by atoms with van der Waals surface area (Å²) in [4.78, 5) is 33.5. The van der Waals surface area contributed by atoms with Crippen LogP contribution in [0.25, 0.3) is 11.2 Å². The number of ether oxygens (including phenoxy) is 5. The summed E-state index contributed by atoms with van der Waals surface area (Å²) in [7, 11) is -2.87. The lowest BCUT2D eigenvalue weighted by Gasteiger charge is -2.43. The number of hydrogen-bond donors (Lipinski definition) is 0. The SMILES string of the molecule is CC(=O)OCCOCn1cnc2c(nc(Br)n2[C@@H]2O[C@H](CO[Si](c3ccccc3)(c3ccccc3)C(C)(C)C)[C@H]3OC(C)(C)O[C@H]32)c1=O. The first-order valence-corrected chi connectivity index (χ1v) is 18.6. The van der Waals surface area contributed by atoms with Crippen LogP contribution in [0.2, 0.25) is 5.04 Å². The zero-order valence-corrected chi connectivity index (χ0v) is 30.5. The highest BCUT2D eigenvalue weighted by Crippen LogP contribution is 2.45. The Morgan fingerprint density at radius 1 is 1.00 bits per heavy atom. The largest absolute Gasteiger partial charge is 0.463 e. The molecule has 6 rings (SSSR count). The summed E-state index contributed by atoms with van der Waals surface area (Å²) in [5.74, 6) is -1.28. The molecule has 48 heavy (non-hydrogen) atoms. The summed E-state index contributed by atoms with van der Waals surface area (Å²) >= 11 is 3.55. The van der Waals surface area contributed by atoms with Gasteiger partial charge in [-0.25, -0.2) is 9.97 Å². The summed E-state index contributed by atoms with van der Waals surface area (Å²) in [5, 5.41) is 2.10. The maximum Gasteiger partial charge on any atom is 0.302 e. The number of benzene rings is 2. The van der Waals surface area contributed by atoms with Crippen LogP contribution < -0.4 is 15.9 Å². The van der Waals surface area contributed by atoms with Gasteiger partial charge in [0.25, 0.3) is 13.9 Å². The molecule has 4 aromatic rings. The normalized spacial score (nSPS) is 22.2. The monoisotopic (exact) mass is 740 g/mol. The summed E-state index contributed by atoms with van der Waals surface area (Å²) < 4.78 is 40.6. The lowest BCUT2D eigenvalue weighted by Crippen LogP contribution is -2.67. The third kappa shape index (κ3) is 6.54. The van der Waals surface area contributed by atoms with Crippen molar-refractivity contribution in [3.05, 3.63) is 82.1 Å². The van der Waals surface area contributed by atoms with Gasteiger partial charge in [-0.3, -0.25) is 18.7 Å². The van der Waals surface area contributed by atoms with Gasteiger partial charge in [0, 0.05) is 6.92 Å². The van der Waals surface area contributed by atoms with Crippen LogP contribution in [-0.4, -0.2) is 77.3 Å². The van der Waals surface area contributed by atoms with Crippen molar-refractivity contribution in [3.63, 3.8) is 0 Å². The van der Waals surface area contributed by atoms with Crippen LogP contribution >= 0.6 is 15.9 Å². The van der Waals surface area contributed by atoms with Gasteiger partial charge in [0.2, 0.25) is 0 Å². The average molecular weight is 742 g/mol. The van der Waals surface area contributed by atoms with E-state index in [2.05, 4.69) is 95.2 Å². The van der Waals surface area contributed by atoms with E-state index >= 15 is 0 Å². The standard InChI is InChI=1S/C34H41BrN4O8Si/c1-22(40)43-18-17-42-21-38-20-36-29-26(30(38)41)37-32(35)39(29)31-28-27(46-34(5,6)47-28)25(45-31)19-44-48(33(2,3)4,23-13-9-7-10-14-23)24-15-11-8-12-16-24/h7-16,20,25,27-28,31H,17-19,21H2,1-6H3/t25-,27-,28-,31-/m1/s1. The molecule has 2 fully saturated rings. The molecule has 0 saturated carbocycles. The lowest BCUT2D eigenvalue weighted by atomic mass is 10.1. The first-order valence-electron chi connectivity index (χ1n) is 15.9. The minimum atomic E-state index is -2.87. The molecule has 14 heteroatoms. The lowest BCUT2D eigenvalue weighted by molar-refractivity contribution is -0.199. The molecule has 2 aliphatic rings. The number of fused-ring (bicyclic) bond motifs is 2. The summed E-state index contributed by atoms with van der Waals surface area (Å²) in [5.41, 5.74) is 0.0731. The highest BCUT2D eigenvalue weighted by atomic mass is 79.9. The van der Waals surface area contributed by atoms with E-state index < -0.39 is 50.2 Å². The first kappa shape index (κ1) is 34.6. The molecule has 0 N–H and O–H groups in total. The van der Waals surface area contributed by atoms with E-state index in [1.165, 1.54) is 17.8 Å². The number of imidazole rings is 1. The molecule has 2 aliphatic heterocycles. The number of carbonyl (C=O) groups excluding carboxylic acids is 1. The van der Waals surface area contributed by atoms with Gasteiger partial charge < -0.3 is 28.1 Å². The van der Waals surface area contributed by atoms with Gasteiger partial charge in [0.05, 0.1) is 13.2 Å². The van der Waals surface area contributed by atoms with Crippen molar-refractivity contribution in [2.24, 2.45) is 0 Å². The van der Waals surface area contributed by atoms with Crippen molar-refractivity contribution in [2.75, 3.05) is 19.8 Å². The molecule has 2 aromatic heterocycles. The zero-order chi connectivity index (χ0) is 34.3. The van der Waals surface area contributed by atoms with E-state index in [0.717, 1.165) is 10.4 Å². The van der Waals surface area contributed by atoms with E-state index in [4.69, 9.17) is 28.1 Å². The number of nitrogens with zero attached hydrogens (tertiary/aromatic N) is 4. The molecular weight excluding hydrogens is 700 g/mol. The third-order valence-electron chi connectivity index (χ3n) is 8.65. The molecule has 0 aliphatic carbocycles. The third-order valence-corrected chi connectivity index (χ3v) is 14.2.